The van der Waals surface area contributed by atoms with Gasteiger partial charge in [0.2, 0.25) is 0 Å². The molecule has 2 heteroatoms. The van der Waals surface area contributed by atoms with Gasteiger partial charge in [-0.05, 0) is 29.5 Å². The standard InChI is InChI=1S/C15H18FN/c1-10-12(7-8-17-10)11-5-6-13(14(16)9-11)15(2,3)4/h5-7,9H,8H2,1-4H3. The van der Waals surface area contributed by atoms with Gasteiger partial charge in [0.05, 0.1) is 6.54 Å². The van der Waals surface area contributed by atoms with Crippen LogP contribution in [0.2, 0.25) is 0 Å². The van der Waals surface area contributed by atoms with Crippen molar-refractivity contribution in [3.05, 3.63) is 41.2 Å². The van der Waals surface area contributed by atoms with Crippen LogP contribution in [-0.4, -0.2) is 12.3 Å². The average Bonchev–Trinajstić information content (AvgIpc) is 2.62. The molecule has 1 aliphatic rings. The first-order chi connectivity index (χ1) is 7.89. The highest BCUT2D eigenvalue weighted by atomic mass is 19.1. The Hall–Kier alpha value is -1.44. The zero-order chi connectivity index (χ0) is 12.6. The lowest BCUT2D eigenvalue weighted by Gasteiger charge is -2.20. The highest BCUT2D eigenvalue weighted by Gasteiger charge is 2.19. The van der Waals surface area contributed by atoms with E-state index in [1.165, 1.54) is 0 Å². The van der Waals surface area contributed by atoms with E-state index in [1.54, 1.807) is 6.07 Å². The fourth-order valence-electron chi connectivity index (χ4n) is 2.12. The van der Waals surface area contributed by atoms with E-state index in [0.29, 0.717) is 6.54 Å². The van der Waals surface area contributed by atoms with E-state index in [9.17, 15) is 4.39 Å². The Balaban J connectivity index is 2.42. The fraction of sp³-hybridized carbons (Fsp3) is 0.400. The number of benzene rings is 1. The molecule has 1 heterocycles. The third-order valence-corrected chi connectivity index (χ3v) is 3.10. The Kier molecular flexibility index (Phi) is 2.90. The van der Waals surface area contributed by atoms with Gasteiger partial charge in [-0.2, -0.15) is 0 Å². The number of halogens is 1. The number of hydrogen-bond acceptors (Lipinski definition) is 1. The lowest BCUT2D eigenvalue weighted by Crippen LogP contribution is -2.13. The van der Waals surface area contributed by atoms with E-state index in [4.69, 9.17) is 0 Å². The van der Waals surface area contributed by atoms with Crippen molar-refractivity contribution in [2.45, 2.75) is 33.1 Å². The summed E-state index contributed by atoms with van der Waals surface area (Å²) in [5.41, 5.74) is 3.58. The molecule has 1 nitrogen and oxygen atoms in total. The van der Waals surface area contributed by atoms with Crippen LogP contribution >= 0.6 is 0 Å². The molecule has 0 atom stereocenters. The minimum Gasteiger partial charge on any atom is -0.285 e. The van der Waals surface area contributed by atoms with Crippen LogP contribution in [0.3, 0.4) is 0 Å². The summed E-state index contributed by atoms with van der Waals surface area (Å²) >= 11 is 0. The van der Waals surface area contributed by atoms with Crippen LogP contribution in [-0.2, 0) is 5.41 Å². The van der Waals surface area contributed by atoms with Gasteiger partial charge in [-0.1, -0.05) is 39.0 Å². The Bertz CT molecular complexity index is 504. The van der Waals surface area contributed by atoms with Crippen LogP contribution in [0.4, 0.5) is 4.39 Å². The maximum atomic E-state index is 14.1. The minimum atomic E-state index is -0.157. The first-order valence-corrected chi connectivity index (χ1v) is 5.91. The van der Waals surface area contributed by atoms with E-state index in [2.05, 4.69) is 4.99 Å². The third kappa shape index (κ3) is 2.31. The van der Waals surface area contributed by atoms with Crippen LogP contribution < -0.4 is 0 Å². The van der Waals surface area contributed by atoms with Crippen LogP contribution in [0.15, 0.2) is 29.3 Å². The Labute approximate surface area is 102 Å². The number of allylic oxidation sites excluding steroid dienone is 1. The van der Waals surface area contributed by atoms with Gasteiger partial charge in [-0.3, -0.25) is 4.99 Å². The maximum Gasteiger partial charge on any atom is 0.127 e. The monoisotopic (exact) mass is 231 g/mol. The van der Waals surface area contributed by atoms with Crippen molar-refractivity contribution in [2.24, 2.45) is 4.99 Å². The topological polar surface area (TPSA) is 12.4 Å². The summed E-state index contributed by atoms with van der Waals surface area (Å²) in [6.45, 7) is 8.74. The molecule has 17 heavy (non-hydrogen) atoms. The molecule has 1 aromatic carbocycles. The number of nitrogens with zero attached hydrogens (tertiary/aromatic N) is 1. The summed E-state index contributed by atoms with van der Waals surface area (Å²) in [6, 6.07) is 5.49. The van der Waals surface area contributed by atoms with E-state index < -0.39 is 0 Å². The molecule has 0 spiro atoms. The van der Waals surface area contributed by atoms with Gasteiger partial charge in [0.15, 0.2) is 0 Å². The average molecular weight is 231 g/mol. The predicted molar refractivity (Wildman–Crippen MR) is 71.1 cm³/mol. The van der Waals surface area contributed by atoms with Crippen LogP contribution in [0.25, 0.3) is 5.57 Å². The van der Waals surface area contributed by atoms with Crippen molar-refractivity contribution < 1.29 is 4.39 Å². The van der Waals surface area contributed by atoms with Crippen molar-refractivity contribution in [3.8, 4) is 0 Å². The van der Waals surface area contributed by atoms with Gasteiger partial charge in [0.1, 0.15) is 5.82 Å². The van der Waals surface area contributed by atoms with Gasteiger partial charge >= 0.3 is 0 Å². The van der Waals surface area contributed by atoms with Crippen LogP contribution in [0.5, 0.6) is 0 Å². The summed E-state index contributed by atoms with van der Waals surface area (Å²) < 4.78 is 14.1. The van der Waals surface area contributed by atoms with Gasteiger partial charge in [0, 0.05) is 11.3 Å². The van der Waals surface area contributed by atoms with Crippen LogP contribution in [0, 0.1) is 5.82 Å². The summed E-state index contributed by atoms with van der Waals surface area (Å²) in [7, 11) is 0. The Morgan fingerprint density at radius 2 is 1.94 bits per heavy atom. The summed E-state index contributed by atoms with van der Waals surface area (Å²) in [6.07, 6.45) is 2.04. The number of aliphatic imine (C=N–C) groups is 1. The molecular formula is C15H18FN. The number of rotatable bonds is 1. The van der Waals surface area contributed by atoms with Crippen molar-refractivity contribution in [1.82, 2.24) is 0 Å². The molecule has 0 saturated heterocycles. The molecule has 0 fully saturated rings. The second-order valence-corrected chi connectivity index (χ2v) is 5.49. The van der Waals surface area contributed by atoms with Crippen molar-refractivity contribution in [2.75, 3.05) is 6.54 Å². The van der Waals surface area contributed by atoms with Crippen molar-refractivity contribution >= 4 is 11.3 Å². The molecule has 0 aromatic heterocycles. The lowest BCUT2D eigenvalue weighted by molar-refractivity contribution is 0.523. The highest BCUT2D eigenvalue weighted by Crippen LogP contribution is 2.28. The molecule has 0 bridgehead atoms. The molecule has 0 unspecified atom stereocenters. The van der Waals surface area contributed by atoms with Crippen molar-refractivity contribution in [3.63, 3.8) is 0 Å². The highest BCUT2D eigenvalue weighted by molar-refractivity contribution is 6.24. The molecule has 0 aliphatic carbocycles. The quantitative estimate of drug-likeness (QED) is 0.693. The SMILES string of the molecule is CC1=NCC=C1c1ccc(C(C)(C)C)c(F)c1. The minimum absolute atomic E-state index is 0.129. The first kappa shape index (κ1) is 12.0. The molecule has 2 rings (SSSR count). The second kappa shape index (κ2) is 4.10. The van der Waals surface area contributed by atoms with Gasteiger partial charge in [-0.25, -0.2) is 4.39 Å². The van der Waals surface area contributed by atoms with Gasteiger partial charge in [0.25, 0.3) is 0 Å². The van der Waals surface area contributed by atoms with Gasteiger partial charge < -0.3 is 0 Å². The Morgan fingerprint density at radius 1 is 1.24 bits per heavy atom. The molecule has 1 aromatic rings. The number of hydrogen-bond donors (Lipinski definition) is 0. The zero-order valence-corrected chi connectivity index (χ0v) is 10.8. The normalized spacial score (nSPS) is 15.8. The van der Waals surface area contributed by atoms with E-state index in [1.807, 2.05) is 45.9 Å². The molecular weight excluding hydrogens is 213 g/mol. The largest absolute Gasteiger partial charge is 0.285 e. The molecule has 0 saturated carbocycles. The molecule has 0 radical (unpaired) electrons. The summed E-state index contributed by atoms with van der Waals surface area (Å²) in [5.74, 6) is -0.129. The molecule has 0 amide bonds. The zero-order valence-electron chi connectivity index (χ0n) is 10.8. The van der Waals surface area contributed by atoms with E-state index in [0.717, 1.165) is 22.4 Å². The molecule has 0 N–H and O–H groups in total. The summed E-state index contributed by atoms with van der Waals surface area (Å²) in [5, 5.41) is 0. The molecule has 90 valence electrons. The fourth-order valence-corrected chi connectivity index (χ4v) is 2.12. The predicted octanol–water partition coefficient (Wildman–Crippen LogP) is 3.98. The van der Waals surface area contributed by atoms with E-state index >= 15 is 0 Å². The maximum absolute atomic E-state index is 14.1. The Morgan fingerprint density at radius 3 is 2.41 bits per heavy atom. The molecule has 1 aliphatic heterocycles. The van der Waals surface area contributed by atoms with E-state index in [-0.39, 0.29) is 11.2 Å². The third-order valence-electron chi connectivity index (χ3n) is 3.10. The van der Waals surface area contributed by atoms with Crippen LogP contribution in [0.1, 0.15) is 38.8 Å². The van der Waals surface area contributed by atoms with Crippen molar-refractivity contribution in [1.29, 1.82) is 0 Å². The first-order valence-electron chi connectivity index (χ1n) is 5.91. The summed E-state index contributed by atoms with van der Waals surface area (Å²) in [4.78, 5) is 4.30. The lowest BCUT2D eigenvalue weighted by atomic mass is 9.85. The second-order valence-electron chi connectivity index (χ2n) is 5.49. The van der Waals surface area contributed by atoms with Gasteiger partial charge in [-0.15, -0.1) is 0 Å². The smallest absolute Gasteiger partial charge is 0.127 e.